The van der Waals surface area contributed by atoms with E-state index >= 15 is 0 Å². The van der Waals surface area contributed by atoms with Crippen LogP contribution in [-0.4, -0.2) is 52.1 Å². The zero-order valence-electron chi connectivity index (χ0n) is 19.4. The summed E-state index contributed by atoms with van der Waals surface area (Å²) in [6.45, 7) is 7.79. The Balaban J connectivity index is 1.81. The Morgan fingerprint density at radius 1 is 0.935 bits per heavy atom. The fraction of sp³-hybridized carbons (Fsp3) is 0.538. The molecular formula is C26H38O4Si. The van der Waals surface area contributed by atoms with E-state index in [1.165, 1.54) is 10.4 Å². The fourth-order valence-corrected chi connectivity index (χ4v) is 9.27. The molecule has 0 saturated heterocycles. The third-order valence-electron chi connectivity index (χ3n) is 6.35. The highest BCUT2D eigenvalue weighted by atomic mass is 28.4. The lowest BCUT2D eigenvalue weighted by Gasteiger charge is -2.43. The standard InChI is InChI=1S/C26H38O4Si/c1-26(2,3)31(24-14-7-5-8-15-24,25-16-9-6-10-17-25)30-20-23(28-4)19-29-22-13-11-12-21(27)18-22/h5-10,14-17,21-23,27H,11-13,18-20H2,1-4H3/t21-,22+,23?/m0/s1. The summed E-state index contributed by atoms with van der Waals surface area (Å²) in [5.74, 6) is 0. The minimum Gasteiger partial charge on any atom is -0.405 e. The summed E-state index contributed by atoms with van der Waals surface area (Å²) < 4.78 is 18.8. The predicted molar refractivity (Wildman–Crippen MR) is 129 cm³/mol. The maximum Gasteiger partial charge on any atom is 0.261 e. The molecule has 0 aromatic heterocycles. The Kier molecular flexibility index (Phi) is 8.48. The van der Waals surface area contributed by atoms with Gasteiger partial charge in [-0.1, -0.05) is 81.4 Å². The first kappa shape index (κ1) is 24.1. The molecule has 5 heteroatoms. The largest absolute Gasteiger partial charge is 0.405 e. The van der Waals surface area contributed by atoms with E-state index in [1.807, 2.05) is 0 Å². The molecule has 0 amide bonds. The molecule has 0 aliphatic heterocycles. The van der Waals surface area contributed by atoms with Gasteiger partial charge in [0, 0.05) is 7.11 Å². The van der Waals surface area contributed by atoms with Crippen LogP contribution in [0.5, 0.6) is 0 Å². The van der Waals surface area contributed by atoms with Crippen molar-refractivity contribution in [1.29, 1.82) is 0 Å². The van der Waals surface area contributed by atoms with Crippen LogP contribution in [0, 0.1) is 0 Å². The summed E-state index contributed by atoms with van der Waals surface area (Å²) in [5.41, 5.74) is 0. The van der Waals surface area contributed by atoms with Gasteiger partial charge in [0.15, 0.2) is 0 Å². The van der Waals surface area contributed by atoms with E-state index in [-0.39, 0.29) is 23.4 Å². The van der Waals surface area contributed by atoms with Crippen molar-refractivity contribution in [2.75, 3.05) is 20.3 Å². The maximum atomic E-state index is 9.92. The first-order chi connectivity index (χ1) is 14.9. The monoisotopic (exact) mass is 442 g/mol. The fourth-order valence-electron chi connectivity index (χ4n) is 4.68. The second-order valence-corrected chi connectivity index (χ2v) is 13.9. The topological polar surface area (TPSA) is 47.9 Å². The van der Waals surface area contributed by atoms with Gasteiger partial charge in [-0.3, -0.25) is 0 Å². The molecule has 4 nitrogen and oxygen atoms in total. The Labute approximate surface area is 188 Å². The van der Waals surface area contributed by atoms with Crippen molar-refractivity contribution < 1.29 is 19.0 Å². The highest BCUT2D eigenvalue weighted by Crippen LogP contribution is 2.37. The number of hydrogen-bond acceptors (Lipinski definition) is 4. The Bertz CT molecular complexity index is 735. The Morgan fingerprint density at radius 2 is 1.52 bits per heavy atom. The molecule has 1 fully saturated rings. The molecule has 0 radical (unpaired) electrons. The lowest BCUT2D eigenvalue weighted by molar-refractivity contribution is -0.0685. The lowest BCUT2D eigenvalue weighted by atomic mass is 9.95. The SMILES string of the molecule is COC(CO[C@@H]1CCC[C@H](O)C1)CO[Si](c1ccccc1)(c1ccccc1)C(C)(C)C. The third-order valence-corrected chi connectivity index (χ3v) is 11.4. The summed E-state index contributed by atoms with van der Waals surface area (Å²) in [4.78, 5) is 0. The van der Waals surface area contributed by atoms with Crippen molar-refractivity contribution in [1.82, 2.24) is 0 Å². The molecule has 31 heavy (non-hydrogen) atoms. The van der Waals surface area contributed by atoms with Gasteiger partial charge in [-0.2, -0.15) is 0 Å². The van der Waals surface area contributed by atoms with Gasteiger partial charge in [-0.05, 0) is 41.1 Å². The molecule has 170 valence electrons. The summed E-state index contributed by atoms with van der Waals surface area (Å²) in [5, 5.41) is 12.4. The average Bonchev–Trinajstić information content (AvgIpc) is 2.77. The molecule has 1 N–H and O–H groups in total. The molecule has 0 bridgehead atoms. The van der Waals surface area contributed by atoms with Crippen molar-refractivity contribution in [3.05, 3.63) is 60.7 Å². The van der Waals surface area contributed by atoms with Crippen molar-refractivity contribution in [3.63, 3.8) is 0 Å². The zero-order chi connectivity index (χ0) is 22.3. The summed E-state index contributed by atoms with van der Waals surface area (Å²) in [6, 6.07) is 21.3. The van der Waals surface area contributed by atoms with Gasteiger partial charge in [0.25, 0.3) is 8.32 Å². The smallest absolute Gasteiger partial charge is 0.261 e. The van der Waals surface area contributed by atoms with E-state index in [1.54, 1.807) is 7.11 Å². The Hall–Kier alpha value is -1.50. The predicted octanol–water partition coefficient (Wildman–Crippen LogP) is 3.90. The molecule has 1 aliphatic carbocycles. The minimum absolute atomic E-state index is 0.0671. The number of aliphatic hydroxyl groups is 1. The summed E-state index contributed by atoms with van der Waals surface area (Å²) in [7, 11) is -0.863. The van der Waals surface area contributed by atoms with Crippen LogP contribution in [0.2, 0.25) is 5.04 Å². The highest BCUT2D eigenvalue weighted by molar-refractivity contribution is 6.99. The maximum absolute atomic E-state index is 9.92. The van der Waals surface area contributed by atoms with Crippen molar-refractivity contribution in [3.8, 4) is 0 Å². The van der Waals surface area contributed by atoms with Crippen LogP contribution in [0.3, 0.4) is 0 Å². The van der Waals surface area contributed by atoms with Gasteiger partial charge in [-0.25, -0.2) is 0 Å². The van der Waals surface area contributed by atoms with Crippen LogP contribution < -0.4 is 10.4 Å². The van der Waals surface area contributed by atoms with Crippen molar-refractivity contribution in [2.45, 2.75) is 69.8 Å². The number of aliphatic hydroxyl groups excluding tert-OH is 1. The molecule has 3 atom stereocenters. The van der Waals surface area contributed by atoms with Gasteiger partial charge >= 0.3 is 0 Å². The summed E-state index contributed by atoms with van der Waals surface area (Å²) in [6.07, 6.45) is 3.32. The van der Waals surface area contributed by atoms with Gasteiger partial charge in [0.2, 0.25) is 0 Å². The second-order valence-electron chi connectivity index (χ2n) is 9.61. The molecule has 1 aliphatic rings. The first-order valence-corrected chi connectivity index (χ1v) is 13.3. The van der Waals surface area contributed by atoms with Crippen molar-refractivity contribution in [2.24, 2.45) is 0 Å². The molecule has 0 heterocycles. The van der Waals surface area contributed by atoms with Crippen LogP contribution in [0.4, 0.5) is 0 Å². The molecule has 3 rings (SSSR count). The van der Waals surface area contributed by atoms with Gasteiger partial charge < -0.3 is 19.0 Å². The van der Waals surface area contributed by atoms with Gasteiger partial charge in [-0.15, -0.1) is 0 Å². The van der Waals surface area contributed by atoms with Crippen LogP contribution in [0.25, 0.3) is 0 Å². The Morgan fingerprint density at radius 3 is 2.00 bits per heavy atom. The van der Waals surface area contributed by atoms with Gasteiger partial charge in [0.05, 0.1) is 25.4 Å². The van der Waals surface area contributed by atoms with E-state index in [9.17, 15) is 5.11 Å². The number of hydrogen-bond donors (Lipinski definition) is 1. The molecular weight excluding hydrogens is 404 g/mol. The van der Waals surface area contributed by atoms with Crippen LogP contribution in [-0.2, 0) is 13.9 Å². The normalized spacial score (nSPS) is 21.1. The van der Waals surface area contributed by atoms with Crippen LogP contribution >= 0.6 is 0 Å². The van der Waals surface area contributed by atoms with Crippen LogP contribution in [0.15, 0.2) is 60.7 Å². The number of methoxy groups -OCH3 is 1. The van der Waals surface area contributed by atoms with E-state index in [0.29, 0.717) is 19.6 Å². The van der Waals surface area contributed by atoms with Gasteiger partial charge in [0.1, 0.15) is 6.10 Å². The van der Waals surface area contributed by atoms with E-state index in [4.69, 9.17) is 13.9 Å². The second kappa shape index (κ2) is 10.9. The first-order valence-electron chi connectivity index (χ1n) is 11.4. The van der Waals surface area contributed by atoms with E-state index in [0.717, 1.165) is 19.3 Å². The average molecular weight is 443 g/mol. The molecule has 2 aromatic carbocycles. The van der Waals surface area contributed by atoms with E-state index in [2.05, 4.69) is 81.4 Å². The van der Waals surface area contributed by atoms with E-state index < -0.39 is 8.32 Å². The molecule has 0 spiro atoms. The molecule has 2 aromatic rings. The number of rotatable bonds is 9. The van der Waals surface area contributed by atoms with Crippen LogP contribution in [0.1, 0.15) is 46.5 Å². The molecule has 1 unspecified atom stereocenters. The number of benzene rings is 2. The number of ether oxygens (including phenoxy) is 2. The minimum atomic E-state index is -2.58. The summed E-state index contributed by atoms with van der Waals surface area (Å²) >= 11 is 0. The van der Waals surface area contributed by atoms with Crippen molar-refractivity contribution >= 4 is 18.7 Å². The highest BCUT2D eigenvalue weighted by Gasteiger charge is 2.50. The molecule has 1 saturated carbocycles. The third kappa shape index (κ3) is 5.85. The quantitative estimate of drug-likeness (QED) is 0.599. The zero-order valence-corrected chi connectivity index (χ0v) is 20.4. The lowest BCUT2D eigenvalue weighted by Crippen LogP contribution is -2.67.